The van der Waals surface area contributed by atoms with E-state index < -0.39 is 10.8 Å². The molecule has 0 amide bonds. The van der Waals surface area contributed by atoms with Gasteiger partial charge in [-0.1, -0.05) is 29.8 Å². The number of benzene rings is 2. The number of hydrazine groups is 1. The molecule has 1 aliphatic rings. The Labute approximate surface area is 207 Å². The van der Waals surface area contributed by atoms with Gasteiger partial charge in [-0.15, -0.1) is 0 Å². The van der Waals surface area contributed by atoms with Crippen LogP contribution in [0.2, 0.25) is 5.02 Å². The SMILES string of the molecule is Cc1cc(OCc2coc(/C=C/c3ccc(Cl)cc3)n2)ccc1CS(=O)CCC1=CCNN1C. The van der Waals surface area contributed by atoms with Gasteiger partial charge in [0.1, 0.15) is 24.3 Å². The minimum atomic E-state index is -0.918. The second kappa shape index (κ2) is 11.5. The van der Waals surface area contributed by atoms with Gasteiger partial charge in [0.05, 0.1) is 0 Å². The second-order valence-electron chi connectivity index (χ2n) is 8.09. The van der Waals surface area contributed by atoms with Crippen LogP contribution in [0.3, 0.4) is 0 Å². The van der Waals surface area contributed by atoms with Crippen LogP contribution in [0.15, 0.2) is 64.9 Å². The predicted molar refractivity (Wildman–Crippen MR) is 138 cm³/mol. The van der Waals surface area contributed by atoms with Crippen LogP contribution in [0.1, 0.15) is 34.7 Å². The van der Waals surface area contributed by atoms with Crippen LogP contribution in [0, 0.1) is 6.92 Å². The molecule has 1 aromatic heterocycles. The smallest absolute Gasteiger partial charge is 0.218 e. The lowest BCUT2D eigenvalue weighted by atomic mass is 10.1. The summed E-state index contributed by atoms with van der Waals surface area (Å²) in [6, 6.07) is 13.4. The van der Waals surface area contributed by atoms with Crippen molar-refractivity contribution < 1.29 is 13.4 Å². The molecule has 2 heterocycles. The highest BCUT2D eigenvalue weighted by Crippen LogP contribution is 2.21. The molecule has 2 aromatic carbocycles. The van der Waals surface area contributed by atoms with E-state index in [4.69, 9.17) is 20.8 Å². The maximum absolute atomic E-state index is 12.6. The number of ether oxygens (including phenoxy) is 1. The average Bonchev–Trinajstić information content (AvgIpc) is 3.46. The second-order valence-corrected chi connectivity index (χ2v) is 10.1. The van der Waals surface area contributed by atoms with Crippen molar-refractivity contribution in [3.63, 3.8) is 0 Å². The molecule has 3 aromatic rings. The molecule has 1 aliphatic heterocycles. The Kier molecular flexibility index (Phi) is 8.21. The van der Waals surface area contributed by atoms with Crippen molar-refractivity contribution in [3.05, 3.63) is 93.8 Å². The van der Waals surface area contributed by atoms with Gasteiger partial charge in [-0.2, -0.15) is 0 Å². The fourth-order valence-corrected chi connectivity index (χ4v) is 4.93. The van der Waals surface area contributed by atoms with Crippen molar-refractivity contribution in [2.45, 2.75) is 25.7 Å². The zero-order chi connectivity index (χ0) is 23.9. The van der Waals surface area contributed by atoms with E-state index in [2.05, 4.69) is 16.5 Å². The summed E-state index contributed by atoms with van der Waals surface area (Å²) in [6.45, 7) is 3.17. The standard InChI is InChI=1S/C26H28ClN3O3S/c1-19-15-25(9-6-21(19)18-34(31)14-12-24-11-13-28-30(24)2)32-16-23-17-33-26(29-23)10-5-20-3-7-22(27)8-4-20/h3-11,15,17,28H,12-14,16,18H2,1-2H3/b10-5+. The van der Waals surface area contributed by atoms with E-state index in [0.29, 0.717) is 34.7 Å². The van der Waals surface area contributed by atoms with Crippen LogP contribution in [0.5, 0.6) is 5.75 Å². The first-order chi connectivity index (χ1) is 16.5. The van der Waals surface area contributed by atoms with Crippen LogP contribution in [-0.2, 0) is 23.2 Å². The molecule has 0 aliphatic carbocycles. The topological polar surface area (TPSA) is 67.6 Å². The summed E-state index contributed by atoms with van der Waals surface area (Å²) in [5.74, 6) is 2.45. The summed E-state index contributed by atoms with van der Waals surface area (Å²) in [5.41, 5.74) is 8.27. The van der Waals surface area contributed by atoms with Crippen LogP contribution in [0.4, 0.5) is 0 Å². The monoisotopic (exact) mass is 497 g/mol. The lowest BCUT2D eigenvalue weighted by Gasteiger charge is -2.16. The molecule has 1 atom stereocenters. The average molecular weight is 498 g/mol. The Hall–Kier alpha value is -2.87. The molecule has 0 radical (unpaired) electrons. The van der Waals surface area contributed by atoms with Crippen LogP contribution in [0.25, 0.3) is 12.2 Å². The van der Waals surface area contributed by atoms with Crippen LogP contribution >= 0.6 is 11.6 Å². The Bertz CT molecular complexity index is 1200. The highest BCUT2D eigenvalue weighted by molar-refractivity contribution is 7.84. The number of nitrogens with zero attached hydrogens (tertiary/aromatic N) is 2. The van der Waals surface area contributed by atoms with E-state index in [0.717, 1.165) is 35.4 Å². The molecule has 34 heavy (non-hydrogen) atoms. The summed E-state index contributed by atoms with van der Waals surface area (Å²) in [4.78, 5) is 4.44. The van der Waals surface area contributed by atoms with Gasteiger partial charge in [0, 0.05) is 52.7 Å². The summed E-state index contributed by atoms with van der Waals surface area (Å²) < 4.78 is 24.0. The van der Waals surface area contributed by atoms with Crippen molar-refractivity contribution >= 4 is 34.6 Å². The number of nitrogens with one attached hydrogen (secondary N) is 1. The number of oxazole rings is 1. The maximum atomic E-state index is 12.6. The molecule has 0 bridgehead atoms. The highest BCUT2D eigenvalue weighted by atomic mass is 35.5. The first-order valence-corrected chi connectivity index (χ1v) is 12.9. The van der Waals surface area contributed by atoms with Gasteiger partial charge < -0.3 is 14.2 Å². The van der Waals surface area contributed by atoms with E-state index >= 15 is 0 Å². The molecule has 1 unspecified atom stereocenters. The van der Waals surface area contributed by atoms with Gasteiger partial charge in [0.15, 0.2) is 0 Å². The summed E-state index contributed by atoms with van der Waals surface area (Å²) >= 11 is 5.91. The lowest BCUT2D eigenvalue weighted by Crippen LogP contribution is -2.27. The van der Waals surface area contributed by atoms with E-state index in [9.17, 15) is 4.21 Å². The number of rotatable bonds is 10. The summed E-state index contributed by atoms with van der Waals surface area (Å²) in [5, 5.41) is 2.70. The van der Waals surface area contributed by atoms with Crippen molar-refractivity contribution in [2.24, 2.45) is 0 Å². The van der Waals surface area contributed by atoms with Crippen molar-refractivity contribution in [2.75, 3.05) is 19.3 Å². The highest BCUT2D eigenvalue weighted by Gasteiger charge is 2.12. The quantitative estimate of drug-likeness (QED) is 0.407. The number of aromatic nitrogens is 1. The third kappa shape index (κ3) is 6.82. The molecular formula is C26H28ClN3O3S. The van der Waals surface area contributed by atoms with Gasteiger partial charge in [0.2, 0.25) is 5.89 Å². The number of allylic oxidation sites excluding steroid dienone is 1. The molecule has 0 saturated carbocycles. The van der Waals surface area contributed by atoms with Gasteiger partial charge in [-0.25, -0.2) is 10.4 Å². The fourth-order valence-electron chi connectivity index (χ4n) is 3.56. The Morgan fingerprint density at radius 1 is 1.24 bits per heavy atom. The number of hydrogen-bond donors (Lipinski definition) is 1. The summed E-state index contributed by atoms with van der Waals surface area (Å²) in [6.07, 6.45) is 8.27. The molecule has 1 N–H and O–H groups in total. The fraction of sp³-hybridized carbons (Fsp3) is 0.269. The van der Waals surface area contributed by atoms with Gasteiger partial charge in [0.25, 0.3) is 0 Å². The number of halogens is 1. The number of hydrogen-bond acceptors (Lipinski definition) is 6. The molecule has 0 fully saturated rings. The van der Waals surface area contributed by atoms with Gasteiger partial charge in [-0.3, -0.25) is 4.21 Å². The third-order valence-corrected chi connectivity index (χ3v) is 7.10. The van der Waals surface area contributed by atoms with Crippen molar-refractivity contribution in [1.29, 1.82) is 0 Å². The first-order valence-electron chi connectivity index (χ1n) is 11.1. The Morgan fingerprint density at radius 3 is 2.79 bits per heavy atom. The van der Waals surface area contributed by atoms with E-state index in [1.807, 2.05) is 73.6 Å². The van der Waals surface area contributed by atoms with Gasteiger partial charge in [-0.05, 0) is 66.5 Å². The third-order valence-electron chi connectivity index (χ3n) is 5.56. The maximum Gasteiger partial charge on any atom is 0.218 e. The minimum Gasteiger partial charge on any atom is -0.487 e. The Morgan fingerprint density at radius 2 is 2.06 bits per heavy atom. The molecule has 0 saturated heterocycles. The summed E-state index contributed by atoms with van der Waals surface area (Å²) in [7, 11) is 1.07. The molecule has 0 spiro atoms. The van der Waals surface area contributed by atoms with E-state index in [-0.39, 0.29) is 0 Å². The van der Waals surface area contributed by atoms with Crippen molar-refractivity contribution in [3.8, 4) is 5.75 Å². The van der Waals surface area contributed by atoms with Crippen LogP contribution < -0.4 is 10.2 Å². The minimum absolute atomic E-state index is 0.305. The zero-order valence-electron chi connectivity index (χ0n) is 19.3. The molecular weight excluding hydrogens is 470 g/mol. The van der Waals surface area contributed by atoms with E-state index in [1.165, 1.54) is 5.70 Å². The van der Waals surface area contributed by atoms with E-state index in [1.54, 1.807) is 6.26 Å². The normalized spacial score (nSPS) is 14.6. The molecule has 6 nitrogen and oxygen atoms in total. The predicted octanol–water partition coefficient (Wildman–Crippen LogP) is 5.36. The Balaban J connectivity index is 1.26. The molecule has 178 valence electrons. The lowest BCUT2D eigenvalue weighted by molar-refractivity contribution is 0.300. The van der Waals surface area contributed by atoms with Crippen LogP contribution in [-0.4, -0.2) is 33.5 Å². The molecule has 8 heteroatoms. The number of aryl methyl sites for hydroxylation is 1. The zero-order valence-corrected chi connectivity index (χ0v) is 20.9. The largest absolute Gasteiger partial charge is 0.487 e. The molecule has 4 rings (SSSR count). The van der Waals surface area contributed by atoms with Crippen molar-refractivity contribution in [1.82, 2.24) is 15.4 Å². The first kappa shape index (κ1) is 24.3. The van der Waals surface area contributed by atoms with Gasteiger partial charge >= 0.3 is 0 Å².